The second kappa shape index (κ2) is 6.90. The van der Waals surface area contributed by atoms with Crippen LogP contribution in [0.2, 0.25) is 0 Å². The highest BCUT2D eigenvalue weighted by molar-refractivity contribution is 5.79. The Hall–Kier alpha value is -0.610. The van der Waals surface area contributed by atoms with Crippen LogP contribution in [0.25, 0.3) is 0 Å². The fraction of sp³-hybridized carbons (Fsp3) is 0.938. The van der Waals surface area contributed by atoms with E-state index in [-0.39, 0.29) is 0 Å². The lowest BCUT2D eigenvalue weighted by Crippen LogP contribution is -2.55. The summed E-state index contributed by atoms with van der Waals surface area (Å²) in [4.78, 5) is 16.8. The summed E-state index contributed by atoms with van der Waals surface area (Å²) in [6, 6.07) is 0.517. The molecule has 4 nitrogen and oxygen atoms in total. The standard InChI is InChI=1S/C16H30N2O2/c1-14(2)17-10-7-8-16(9-13-17,15(19)20)18-11-5-3-4-6-12-18/h14H,3-13H2,1-2H3,(H,19,20). The number of rotatable bonds is 3. The van der Waals surface area contributed by atoms with Crippen LogP contribution in [0.1, 0.15) is 58.8 Å². The molecule has 0 aromatic carbocycles. The van der Waals surface area contributed by atoms with Gasteiger partial charge in [-0.15, -0.1) is 0 Å². The van der Waals surface area contributed by atoms with Gasteiger partial charge in [-0.3, -0.25) is 9.69 Å². The number of hydrogen-bond donors (Lipinski definition) is 1. The summed E-state index contributed by atoms with van der Waals surface area (Å²) in [6.45, 7) is 8.31. The van der Waals surface area contributed by atoms with Crippen LogP contribution in [0.5, 0.6) is 0 Å². The van der Waals surface area contributed by atoms with E-state index in [4.69, 9.17) is 0 Å². The monoisotopic (exact) mass is 282 g/mol. The summed E-state index contributed by atoms with van der Waals surface area (Å²) in [5.41, 5.74) is -0.603. The van der Waals surface area contributed by atoms with Crippen LogP contribution in [0.15, 0.2) is 0 Å². The van der Waals surface area contributed by atoms with Crippen molar-refractivity contribution in [1.29, 1.82) is 0 Å². The maximum atomic E-state index is 12.1. The second-order valence-electron chi connectivity index (χ2n) is 6.72. The van der Waals surface area contributed by atoms with Gasteiger partial charge in [-0.05, 0) is 65.6 Å². The number of aliphatic carboxylic acids is 1. The van der Waals surface area contributed by atoms with E-state index >= 15 is 0 Å². The Balaban J connectivity index is 2.14. The van der Waals surface area contributed by atoms with Crippen LogP contribution in [0, 0.1) is 0 Å². The lowest BCUT2D eigenvalue weighted by molar-refractivity contribution is -0.153. The van der Waals surface area contributed by atoms with Crippen LogP contribution >= 0.6 is 0 Å². The number of carbonyl (C=O) groups is 1. The van der Waals surface area contributed by atoms with Gasteiger partial charge in [0, 0.05) is 12.6 Å². The molecule has 2 aliphatic heterocycles. The lowest BCUT2D eigenvalue weighted by Gasteiger charge is -2.40. The zero-order valence-corrected chi connectivity index (χ0v) is 13.1. The van der Waals surface area contributed by atoms with Crippen molar-refractivity contribution >= 4 is 5.97 Å². The predicted molar refractivity (Wildman–Crippen MR) is 81.0 cm³/mol. The van der Waals surface area contributed by atoms with Crippen molar-refractivity contribution in [3.05, 3.63) is 0 Å². The van der Waals surface area contributed by atoms with Gasteiger partial charge in [0.25, 0.3) is 0 Å². The fourth-order valence-corrected chi connectivity index (χ4v) is 3.82. The zero-order valence-electron chi connectivity index (χ0n) is 13.1. The SMILES string of the molecule is CC(C)N1CCCC(C(=O)O)(N2CCCCCC2)CC1. The molecule has 2 saturated heterocycles. The molecule has 0 aliphatic carbocycles. The Morgan fingerprint density at radius 2 is 1.60 bits per heavy atom. The molecular formula is C16H30N2O2. The van der Waals surface area contributed by atoms with Gasteiger partial charge in [-0.2, -0.15) is 0 Å². The number of carboxylic acids is 1. The van der Waals surface area contributed by atoms with E-state index < -0.39 is 11.5 Å². The first-order valence-electron chi connectivity index (χ1n) is 8.29. The summed E-state index contributed by atoms with van der Waals surface area (Å²) in [6.07, 6.45) is 7.41. The summed E-state index contributed by atoms with van der Waals surface area (Å²) in [7, 11) is 0. The minimum atomic E-state index is -0.603. The Morgan fingerprint density at radius 1 is 0.950 bits per heavy atom. The van der Waals surface area contributed by atoms with Crippen LogP contribution < -0.4 is 0 Å². The van der Waals surface area contributed by atoms with Crippen molar-refractivity contribution in [2.24, 2.45) is 0 Å². The van der Waals surface area contributed by atoms with Crippen LogP contribution in [0.4, 0.5) is 0 Å². The maximum absolute atomic E-state index is 12.1. The molecule has 20 heavy (non-hydrogen) atoms. The molecule has 0 bridgehead atoms. The highest BCUT2D eigenvalue weighted by Crippen LogP contribution is 2.32. The Morgan fingerprint density at radius 3 is 2.15 bits per heavy atom. The summed E-state index contributed by atoms with van der Waals surface area (Å²) < 4.78 is 0. The predicted octanol–water partition coefficient (Wildman–Crippen LogP) is 2.58. The topological polar surface area (TPSA) is 43.8 Å². The van der Waals surface area contributed by atoms with E-state index in [1.54, 1.807) is 0 Å². The van der Waals surface area contributed by atoms with Gasteiger partial charge in [-0.1, -0.05) is 12.8 Å². The van der Waals surface area contributed by atoms with Crippen LogP contribution in [0.3, 0.4) is 0 Å². The quantitative estimate of drug-likeness (QED) is 0.864. The molecule has 2 rings (SSSR count). The molecular weight excluding hydrogens is 252 g/mol. The first-order valence-corrected chi connectivity index (χ1v) is 8.29. The highest BCUT2D eigenvalue weighted by atomic mass is 16.4. The van der Waals surface area contributed by atoms with Crippen molar-refractivity contribution < 1.29 is 9.90 Å². The van der Waals surface area contributed by atoms with Gasteiger partial charge >= 0.3 is 5.97 Å². The normalized spacial score (nSPS) is 30.9. The number of likely N-dealkylation sites (tertiary alicyclic amines) is 2. The average Bonchev–Trinajstić information content (AvgIpc) is 2.80. The second-order valence-corrected chi connectivity index (χ2v) is 6.72. The molecule has 0 spiro atoms. The van der Waals surface area contributed by atoms with E-state index in [1.165, 1.54) is 12.8 Å². The molecule has 0 radical (unpaired) electrons. The molecule has 0 aromatic rings. The number of hydrogen-bond acceptors (Lipinski definition) is 3. The molecule has 1 unspecified atom stereocenters. The summed E-state index contributed by atoms with van der Waals surface area (Å²) >= 11 is 0. The van der Waals surface area contributed by atoms with Crippen molar-refractivity contribution in [2.45, 2.75) is 70.4 Å². The third kappa shape index (κ3) is 3.34. The van der Waals surface area contributed by atoms with Gasteiger partial charge in [0.15, 0.2) is 0 Å². The van der Waals surface area contributed by atoms with E-state index in [0.717, 1.165) is 58.3 Å². The van der Waals surface area contributed by atoms with E-state index in [0.29, 0.717) is 6.04 Å². The van der Waals surface area contributed by atoms with Crippen molar-refractivity contribution in [3.8, 4) is 0 Å². The molecule has 0 aromatic heterocycles. The van der Waals surface area contributed by atoms with E-state index in [1.807, 2.05) is 0 Å². The molecule has 1 atom stereocenters. The van der Waals surface area contributed by atoms with Gasteiger partial charge in [0.1, 0.15) is 5.54 Å². The van der Waals surface area contributed by atoms with E-state index in [2.05, 4.69) is 23.6 Å². The summed E-state index contributed by atoms with van der Waals surface area (Å²) in [5, 5.41) is 9.92. The van der Waals surface area contributed by atoms with Gasteiger partial charge in [0.2, 0.25) is 0 Å². The summed E-state index contributed by atoms with van der Waals surface area (Å²) in [5.74, 6) is -0.593. The van der Waals surface area contributed by atoms with Crippen molar-refractivity contribution in [2.75, 3.05) is 26.2 Å². The number of carboxylic acid groups (broad SMARTS) is 1. The minimum Gasteiger partial charge on any atom is -0.480 e. The average molecular weight is 282 g/mol. The van der Waals surface area contributed by atoms with Gasteiger partial charge in [-0.25, -0.2) is 0 Å². The van der Waals surface area contributed by atoms with Gasteiger partial charge < -0.3 is 10.0 Å². The van der Waals surface area contributed by atoms with Crippen LogP contribution in [-0.2, 0) is 4.79 Å². The van der Waals surface area contributed by atoms with Crippen molar-refractivity contribution in [1.82, 2.24) is 9.80 Å². The minimum absolute atomic E-state index is 0.517. The Labute approximate surface area is 123 Å². The smallest absolute Gasteiger partial charge is 0.324 e. The maximum Gasteiger partial charge on any atom is 0.324 e. The third-order valence-electron chi connectivity index (χ3n) is 5.19. The van der Waals surface area contributed by atoms with Gasteiger partial charge in [0.05, 0.1) is 0 Å². The molecule has 4 heteroatoms. The molecule has 2 aliphatic rings. The molecule has 1 N–H and O–H groups in total. The van der Waals surface area contributed by atoms with Crippen molar-refractivity contribution in [3.63, 3.8) is 0 Å². The third-order valence-corrected chi connectivity index (χ3v) is 5.19. The Bertz CT molecular complexity index is 324. The zero-order chi connectivity index (χ0) is 14.6. The fourth-order valence-electron chi connectivity index (χ4n) is 3.82. The first kappa shape index (κ1) is 15.8. The molecule has 2 fully saturated rings. The number of nitrogens with zero attached hydrogens (tertiary/aromatic N) is 2. The lowest BCUT2D eigenvalue weighted by atomic mass is 9.88. The first-order chi connectivity index (χ1) is 9.56. The highest BCUT2D eigenvalue weighted by Gasteiger charge is 2.45. The molecule has 2 heterocycles. The van der Waals surface area contributed by atoms with Crippen LogP contribution in [-0.4, -0.2) is 58.6 Å². The van der Waals surface area contributed by atoms with E-state index in [9.17, 15) is 9.90 Å². The molecule has 0 amide bonds. The molecule has 116 valence electrons. The Kier molecular flexibility index (Phi) is 5.44. The molecule has 0 saturated carbocycles. The largest absolute Gasteiger partial charge is 0.480 e.